The van der Waals surface area contributed by atoms with Crippen LogP contribution in [0.1, 0.15) is 62.0 Å². The van der Waals surface area contributed by atoms with E-state index in [1.807, 2.05) is 32.9 Å². The number of carbonyl (C=O) groups excluding carboxylic acids is 1. The fourth-order valence-corrected chi connectivity index (χ4v) is 6.35. The van der Waals surface area contributed by atoms with Gasteiger partial charge in [-0.1, -0.05) is 12.5 Å². The van der Waals surface area contributed by atoms with E-state index >= 15 is 0 Å². The second-order valence-electron chi connectivity index (χ2n) is 8.99. The molecule has 1 atom stereocenters. The van der Waals surface area contributed by atoms with Crippen molar-refractivity contribution in [1.29, 1.82) is 0 Å². The summed E-state index contributed by atoms with van der Waals surface area (Å²) in [6.45, 7) is 7.21. The molecule has 1 fully saturated rings. The lowest BCUT2D eigenvalue weighted by Crippen LogP contribution is -2.38. The van der Waals surface area contributed by atoms with Crippen LogP contribution in [-0.2, 0) is 10.0 Å². The molecule has 0 aliphatic carbocycles. The number of carbonyl (C=O) groups is 1. The SMILES string of the molecule is CCOc1cc(C(=O)Nc2ccc(S(=O)(=O)N3CCCCC3c3cccnc3)cc2)cc(OCC)c1OCC. The molecule has 1 aliphatic heterocycles. The zero-order valence-corrected chi connectivity index (χ0v) is 23.4. The summed E-state index contributed by atoms with van der Waals surface area (Å²) in [5.74, 6) is 0.904. The molecule has 1 saturated heterocycles. The van der Waals surface area contributed by atoms with E-state index in [9.17, 15) is 13.2 Å². The molecule has 0 radical (unpaired) electrons. The lowest BCUT2D eigenvalue weighted by atomic mass is 9.99. The molecule has 208 valence electrons. The maximum Gasteiger partial charge on any atom is 0.255 e. The molecule has 4 rings (SSSR count). The summed E-state index contributed by atoms with van der Waals surface area (Å²) in [5.41, 5.74) is 1.68. The topological polar surface area (TPSA) is 107 Å². The second kappa shape index (κ2) is 12.9. The summed E-state index contributed by atoms with van der Waals surface area (Å²) in [7, 11) is -3.75. The van der Waals surface area contributed by atoms with Crippen LogP contribution in [0.25, 0.3) is 0 Å². The zero-order chi connectivity index (χ0) is 27.8. The van der Waals surface area contributed by atoms with Gasteiger partial charge in [-0.3, -0.25) is 9.78 Å². The van der Waals surface area contributed by atoms with Gasteiger partial charge >= 0.3 is 0 Å². The Hall–Kier alpha value is -3.63. The van der Waals surface area contributed by atoms with E-state index in [1.165, 1.54) is 12.1 Å². The summed E-state index contributed by atoms with van der Waals surface area (Å²) in [6.07, 6.45) is 5.92. The van der Waals surface area contributed by atoms with Crippen molar-refractivity contribution in [1.82, 2.24) is 9.29 Å². The van der Waals surface area contributed by atoms with E-state index < -0.39 is 10.0 Å². The molecule has 1 amide bonds. The van der Waals surface area contributed by atoms with E-state index in [-0.39, 0.29) is 16.8 Å². The molecule has 0 bridgehead atoms. The first-order chi connectivity index (χ1) is 18.9. The third kappa shape index (κ3) is 6.51. The monoisotopic (exact) mass is 553 g/mol. The van der Waals surface area contributed by atoms with Crippen molar-refractivity contribution in [2.75, 3.05) is 31.7 Å². The Morgan fingerprint density at radius 2 is 1.64 bits per heavy atom. The third-order valence-electron chi connectivity index (χ3n) is 6.41. The number of rotatable bonds is 11. The maximum absolute atomic E-state index is 13.6. The molecule has 2 aromatic carbocycles. The molecule has 0 spiro atoms. The van der Waals surface area contributed by atoms with Gasteiger partial charge in [0.05, 0.1) is 30.8 Å². The van der Waals surface area contributed by atoms with Gasteiger partial charge in [-0.25, -0.2) is 8.42 Å². The van der Waals surface area contributed by atoms with Gasteiger partial charge in [0.15, 0.2) is 11.5 Å². The highest BCUT2D eigenvalue weighted by Crippen LogP contribution is 2.39. The Morgan fingerprint density at radius 3 is 2.23 bits per heavy atom. The number of nitrogens with zero attached hydrogens (tertiary/aromatic N) is 2. The minimum absolute atomic E-state index is 0.176. The average molecular weight is 554 g/mol. The predicted octanol–water partition coefficient (Wildman–Crippen LogP) is 5.45. The van der Waals surface area contributed by atoms with Gasteiger partial charge < -0.3 is 19.5 Å². The molecule has 10 heteroatoms. The molecular formula is C29H35N3O6S. The normalized spacial score (nSPS) is 15.9. The molecule has 9 nitrogen and oxygen atoms in total. The number of aromatic nitrogens is 1. The van der Waals surface area contributed by atoms with E-state index in [0.717, 1.165) is 24.8 Å². The van der Waals surface area contributed by atoms with Gasteiger partial charge in [0.2, 0.25) is 15.8 Å². The van der Waals surface area contributed by atoms with E-state index in [1.54, 1.807) is 41.0 Å². The minimum atomic E-state index is -3.75. The van der Waals surface area contributed by atoms with Gasteiger partial charge in [0, 0.05) is 30.2 Å². The van der Waals surface area contributed by atoms with Gasteiger partial charge in [0.25, 0.3) is 5.91 Å². The molecule has 39 heavy (non-hydrogen) atoms. The first-order valence-corrected chi connectivity index (χ1v) is 14.7. The van der Waals surface area contributed by atoms with Crippen molar-refractivity contribution < 1.29 is 27.4 Å². The molecule has 1 unspecified atom stereocenters. The van der Waals surface area contributed by atoms with Crippen molar-refractivity contribution in [3.63, 3.8) is 0 Å². The summed E-state index contributed by atoms with van der Waals surface area (Å²) in [6, 6.07) is 12.9. The first kappa shape index (κ1) is 28.4. The highest BCUT2D eigenvalue weighted by molar-refractivity contribution is 7.89. The predicted molar refractivity (Wildman–Crippen MR) is 149 cm³/mol. The fourth-order valence-electron chi connectivity index (χ4n) is 4.67. The lowest BCUT2D eigenvalue weighted by Gasteiger charge is -2.34. The smallest absolute Gasteiger partial charge is 0.255 e. The Bertz CT molecular complexity index is 1340. The number of nitrogens with one attached hydrogen (secondary N) is 1. The number of hydrogen-bond acceptors (Lipinski definition) is 7. The maximum atomic E-state index is 13.6. The van der Waals surface area contributed by atoms with Gasteiger partial charge in [-0.05, 0) is 81.6 Å². The highest BCUT2D eigenvalue weighted by Gasteiger charge is 2.34. The highest BCUT2D eigenvalue weighted by atomic mass is 32.2. The van der Waals surface area contributed by atoms with E-state index in [0.29, 0.717) is 54.9 Å². The largest absolute Gasteiger partial charge is 0.490 e. The van der Waals surface area contributed by atoms with Crippen LogP contribution in [0.5, 0.6) is 17.2 Å². The van der Waals surface area contributed by atoms with Crippen molar-refractivity contribution >= 4 is 21.6 Å². The number of anilines is 1. The molecule has 1 aromatic heterocycles. The van der Waals surface area contributed by atoms with Crippen LogP contribution in [0.2, 0.25) is 0 Å². The summed E-state index contributed by atoms with van der Waals surface area (Å²) in [5, 5.41) is 2.83. The van der Waals surface area contributed by atoms with Crippen LogP contribution >= 0.6 is 0 Å². The second-order valence-corrected chi connectivity index (χ2v) is 10.9. The molecule has 2 heterocycles. The van der Waals surface area contributed by atoms with Crippen molar-refractivity contribution in [2.24, 2.45) is 0 Å². The van der Waals surface area contributed by atoms with Crippen LogP contribution in [0.15, 0.2) is 65.8 Å². The van der Waals surface area contributed by atoms with E-state index in [2.05, 4.69) is 10.3 Å². The Kier molecular flexibility index (Phi) is 9.42. The summed E-state index contributed by atoms with van der Waals surface area (Å²) in [4.78, 5) is 17.5. The third-order valence-corrected chi connectivity index (χ3v) is 8.34. The van der Waals surface area contributed by atoms with Gasteiger partial charge in [-0.15, -0.1) is 0 Å². The molecule has 1 N–H and O–H groups in total. The van der Waals surface area contributed by atoms with E-state index in [4.69, 9.17) is 14.2 Å². The number of amides is 1. The van der Waals surface area contributed by atoms with Crippen LogP contribution < -0.4 is 19.5 Å². The summed E-state index contributed by atoms with van der Waals surface area (Å²) < 4.78 is 45.9. The van der Waals surface area contributed by atoms with Crippen LogP contribution in [-0.4, -0.2) is 50.0 Å². The van der Waals surface area contributed by atoms with Crippen molar-refractivity contribution in [3.05, 3.63) is 72.1 Å². The molecular weight excluding hydrogens is 518 g/mol. The van der Waals surface area contributed by atoms with Crippen molar-refractivity contribution in [2.45, 2.75) is 51.0 Å². The Labute approximate surface area is 230 Å². The molecule has 0 saturated carbocycles. The molecule has 1 aliphatic rings. The Morgan fingerprint density at radius 1 is 0.974 bits per heavy atom. The minimum Gasteiger partial charge on any atom is -0.490 e. The van der Waals surface area contributed by atoms with Crippen LogP contribution in [0.4, 0.5) is 5.69 Å². The number of benzene rings is 2. The number of piperidine rings is 1. The van der Waals surface area contributed by atoms with Gasteiger partial charge in [0.1, 0.15) is 0 Å². The number of ether oxygens (including phenoxy) is 3. The zero-order valence-electron chi connectivity index (χ0n) is 22.6. The lowest BCUT2D eigenvalue weighted by molar-refractivity contribution is 0.102. The Balaban J connectivity index is 1.54. The molecule has 3 aromatic rings. The van der Waals surface area contributed by atoms with Crippen molar-refractivity contribution in [3.8, 4) is 17.2 Å². The van der Waals surface area contributed by atoms with Gasteiger partial charge in [-0.2, -0.15) is 4.31 Å². The fraction of sp³-hybridized carbons (Fsp3) is 0.379. The standard InChI is InChI=1S/C29H35N3O6S/c1-4-36-26-18-22(19-27(37-5-2)28(26)38-6-3)29(33)31-23-12-14-24(15-13-23)39(34,35)32-17-8-7-11-25(32)21-10-9-16-30-20-21/h9-10,12-16,18-20,25H,4-8,11,17H2,1-3H3,(H,31,33). The van der Waals surface area contributed by atoms with Crippen LogP contribution in [0, 0.1) is 0 Å². The quantitative estimate of drug-likeness (QED) is 0.337. The number of pyridine rings is 1. The average Bonchev–Trinajstić information content (AvgIpc) is 2.95. The summed E-state index contributed by atoms with van der Waals surface area (Å²) >= 11 is 0. The van der Waals surface area contributed by atoms with Crippen LogP contribution in [0.3, 0.4) is 0 Å². The number of hydrogen-bond donors (Lipinski definition) is 1. The first-order valence-electron chi connectivity index (χ1n) is 13.3. The number of sulfonamides is 1.